The number of rotatable bonds is 7. The van der Waals surface area contributed by atoms with Crippen molar-refractivity contribution in [3.8, 4) is 11.6 Å². The van der Waals surface area contributed by atoms with E-state index in [0.29, 0.717) is 27.4 Å². The molecular formula is C23H18F4N2O4S. The highest BCUT2D eigenvalue weighted by Gasteiger charge is 2.49. The zero-order valence-electron chi connectivity index (χ0n) is 17.7. The third-order valence-corrected chi connectivity index (χ3v) is 6.14. The highest BCUT2D eigenvalue weighted by molar-refractivity contribution is 7.88. The minimum Gasteiger partial charge on any atom is -0.494 e. The molecule has 1 N–H and O–H groups in total. The van der Waals surface area contributed by atoms with E-state index in [-0.39, 0.29) is 29.8 Å². The number of aromatic amines is 1. The molecule has 0 aliphatic heterocycles. The molecular weight excluding hydrogens is 476 g/mol. The molecule has 0 amide bonds. The van der Waals surface area contributed by atoms with Gasteiger partial charge in [0.2, 0.25) is 5.88 Å². The number of benzene rings is 2. The van der Waals surface area contributed by atoms with Crippen molar-refractivity contribution in [3.63, 3.8) is 0 Å². The maximum absolute atomic E-state index is 14.2. The summed E-state index contributed by atoms with van der Waals surface area (Å²) in [6.45, 7) is 3.61. The molecule has 11 heteroatoms. The van der Waals surface area contributed by atoms with Crippen LogP contribution in [-0.2, 0) is 23.0 Å². The number of fused-ring (bicyclic) bond motifs is 3. The van der Waals surface area contributed by atoms with E-state index in [1.165, 1.54) is 25.3 Å². The van der Waals surface area contributed by atoms with Gasteiger partial charge in [-0.25, -0.2) is 9.37 Å². The molecule has 178 valence electrons. The number of halogens is 4. The maximum atomic E-state index is 14.2. The van der Waals surface area contributed by atoms with Crippen LogP contribution >= 0.6 is 0 Å². The van der Waals surface area contributed by atoms with Crippen LogP contribution in [0.1, 0.15) is 16.8 Å². The Labute approximate surface area is 192 Å². The van der Waals surface area contributed by atoms with Gasteiger partial charge in [0.15, 0.2) is 11.6 Å². The Balaban J connectivity index is 1.98. The highest BCUT2D eigenvalue weighted by Crippen LogP contribution is 2.38. The quantitative estimate of drug-likeness (QED) is 0.161. The van der Waals surface area contributed by atoms with E-state index in [4.69, 9.17) is 4.74 Å². The molecule has 2 aromatic heterocycles. The normalized spacial score (nSPS) is 12.3. The Hall–Kier alpha value is -3.60. The number of nitrogens with zero attached hydrogens (tertiary/aromatic N) is 1. The van der Waals surface area contributed by atoms with Crippen molar-refractivity contribution < 1.29 is 34.9 Å². The van der Waals surface area contributed by atoms with E-state index in [1.54, 1.807) is 30.3 Å². The molecule has 4 rings (SSSR count). The summed E-state index contributed by atoms with van der Waals surface area (Å²) >= 11 is 0. The van der Waals surface area contributed by atoms with Gasteiger partial charge in [0.1, 0.15) is 0 Å². The van der Waals surface area contributed by atoms with Crippen molar-refractivity contribution in [2.45, 2.75) is 18.3 Å². The third-order valence-electron chi connectivity index (χ3n) is 5.20. The van der Waals surface area contributed by atoms with E-state index in [9.17, 15) is 26.0 Å². The molecule has 2 heterocycles. The maximum Gasteiger partial charge on any atom is 0.534 e. The minimum absolute atomic E-state index is 0.00843. The Morgan fingerprint density at radius 2 is 1.91 bits per heavy atom. The van der Waals surface area contributed by atoms with Crippen molar-refractivity contribution in [3.05, 3.63) is 77.8 Å². The van der Waals surface area contributed by atoms with Gasteiger partial charge < -0.3 is 13.9 Å². The van der Waals surface area contributed by atoms with Crippen molar-refractivity contribution in [1.82, 2.24) is 9.97 Å². The molecule has 0 bridgehead atoms. The first-order valence-electron chi connectivity index (χ1n) is 9.92. The molecule has 2 aromatic carbocycles. The van der Waals surface area contributed by atoms with Gasteiger partial charge in [-0.15, -0.1) is 6.58 Å². The fourth-order valence-electron chi connectivity index (χ4n) is 3.72. The minimum atomic E-state index is -5.99. The molecule has 4 aromatic rings. The van der Waals surface area contributed by atoms with Crippen LogP contribution in [-0.4, -0.2) is 31.0 Å². The van der Waals surface area contributed by atoms with Crippen LogP contribution in [0.15, 0.2) is 55.1 Å². The lowest BCUT2D eigenvalue weighted by Gasteiger charge is -2.15. The van der Waals surface area contributed by atoms with Gasteiger partial charge >= 0.3 is 15.6 Å². The number of aromatic nitrogens is 2. The van der Waals surface area contributed by atoms with Crippen molar-refractivity contribution in [1.29, 1.82) is 0 Å². The molecule has 0 fully saturated rings. The number of para-hydroxylation sites is 1. The van der Waals surface area contributed by atoms with Crippen LogP contribution in [0, 0.1) is 5.82 Å². The summed E-state index contributed by atoms with van der Waals surface area (Å²) in [7, 11) is -4.67. The topological polar surface area (TPSA) is 81.3 Å². The Morgan fingerprint density at radius 1 is 1.18 bits per heavy atom. The molecule has 0 atom stereocenters. The highest BCUT2D eigenvalue weighted by atomic mass is 32.2. The summed E-state index contributed by atoms with van der Waals surface area (Å²) in [5, 5.41) is 1.08. The second-order valence-electron chi connectivity index (χ2n) is 7.38. The smallest absolute Gasteiger partial charge is 0.494 e. The first kappa shape index (κ1) is 23.6. The van der Waals surface area contributed by atoms with Crippen molar-refractivity contribution >= 4 is 31.9 Å². The van der Waals surface area contributed by atoms with Crippen LogP contribution < -0.4 is 8.92 Å². The number of ether oxygens (including phenoxy) is 1. The first-order valence-corrected chi connectivity index (χ1v) is 11.3. The lowest BCUT2D eigenvalue weighted by Crippen LogP contribution is -2.29. The van der Waals surface area contributed by atoms with Crippen LogP contribution in [0.3, 0.4) is 0 Å². The average Bonchev–Trinajstić information content (AvgIpc) is 3.15. The number of allylic oxidation sites excluding steroid dienone is 1. The summed E-state index contributed by atoms with van der Waals surface area (Å²) < 4.78 is 86.5. The van der Waals surface area contributed by atoms with E-state index >= 15 is 0 Å². The summed E-state index contributed by atoms with van der Waals surface area (Å²) in [6, 6.07) is 11.2. The molecule has 6 nitrogen and oxygen atoms in total. The average molecular weight is 494 g/mol. The van der Waals surface area contributed by atoms with Crippen LogP contribution in [0.4, 0.5) is 17.6 Å². The van der Waals surface area contributed by atoms with Crippen molar-refractivity contribution in [2.24, 2.45) is 0 Å². The molecule has 0 saturated heterocycles. The van der Waals surface area contributed by atoms with Gasteiger partial charge in [0.25, 0.3) is 0 Å². The lowest BCUT2D eigenvalue weighted by molar-refractivity contribution is -0.0501. The predicted molar refractivity (Wildman–Crippen MR) is 119 cm³/mol. The number of hydrogen-bond donors (Lipinski definition) is 1. The molecule has 0 saturated carbocycles. The van der Waals surface area contributed by atoms with Gasteiger partial charge in [0, 0.05) is 28.3 Å². The standard InChI is InChI=1S/C23H18F4N2O4S/c1-3-6-15-20-14-7-4-5-8-17(14)28-21(20)18(12-13-9-10-19(32-2)16(24)11-13)29-22(15)33-34(30,31)23(25,26)27/h3-5,7-11,28H,1,6,12H2,2H3. The molecule has 0 aliphatic carbocycles. The van der Waals surface area contributed by atoms with E-state index in [0.717, 1.165) is 0 Å². The number of hydrogen-bond acceptors (Lipinski definition) is 5. The van der Waals surface area contributed by atoms with Crippen LogP contribution in [0.25, 0.3) is 21.8 Å². The fourth-order valence-corrected chi connectivity index (χ4v) is 4.16. The second kappa shape index (κ2) is 8.64. The van der Waals surface area contributed by atoms with Crippen LogP contribution in [0.5, 0.6) is 11.6 Å². The number of alkyl halides is 3. The van der Waals surface area contributed by atoms with E-state index < -0.39 is 27.3 Å². The Kier molecular flexibility index (Phi) is 5.98. The zero-order chi connectivity index (χ0) is 24.7. The van der Waals surface area contributed by atoms with Gasteiger partial charge in [-0.2, -0.15) is 21.6 Å². The van der Waals surface area contributed by atoms with Gasteiger partial charge in [-0.1, -0.05) is 30.3 Å². The summed E-state index contributed by atoms with van der Waals surface area (Å²) in [6.07, 6.45) is 1.37. The lowest BCUT2D eigenvalue weighted by atomic mass is 10.0. The Morgan fingerprint density at radius 3 is 2.56 bits per heavy atom. The SMILES string of the molecule is C=CCc1c(OS(=O)(=O)C(F)(F)F)nc(Cc2ccc(OC)c(F)c2)c2[nH]c3ccccc3c12. The largest absolute Gasteiger partial charge is 0.534 e. The Bertz CT molecular complexity index is 1510. The number of methoxy groups -OCH3 is 1. The molecule has 0 unspecified atom stereocenters. The number of H-pyrrole nitrogens is 1. The van der Waals surface area contributed by atoms with E-state index in [1.807, 2.05) is 0 Å². The first-order chi connectivity index (χ1) is 16.1. The monoisotopic (exact) mass is 494 g/mol. The summed E-state index contributed by atoms with van der Waals surface area (Å²) in [5.41, 5.74) is -3.79. The molecule has 0 aliphatic rings. The summed E-state index contributed by atoms with van der Waals surface area (Å²) in [4.78, 5) is 7.33. The van der Waals surface area contributed by atoms with Gasteiger partial charge in [-0.3, -0.25) is 0 Å². The zero-order valence-corrected chi connectivity index (χ0v) is 18.6. The third kappa shape index (κ3) is 4.18. The van der Waals surface area contributed by atoms with Gasteiger partial charge in [0.05, 0.1) is 18.3 Å². The van der Waals surface area contributed by atoms with E-state index in [2.05, 4.69) is 20.7 Å². The fraction of sp³-hybridized carbons (Fsp3) is 0.174. The summed E-state index contributed by atoms with van der Waals surface area (Å²) in [5.74, 6) is -1.32. The van der Waals surface area contributed by atoms with Gasteiger partial charge in [-0.05, 0) is 30.2 Å². The molecule has 0 radical (unpaired) electrons. The predicted octanol–water partition coefficient (Wildman–Crippen LogP) is 5.41. The molecule has 34 heavy (non-hydrogen) atoms. The van der Waals surface area contributed by atoms with Crippen molar-refractivity contribution in [2.75, 3.05) is 7.11 Å². The number of pyridine rings is 1. The second-order valence-corrected chi connectivity index (χ2v) is 8.92. The number of nitrogens with one attached hydrogen (secondary N) is 1. The van der Waals surface area contributed by atoms with Crippen LogP contribution in [0.2, 0.25) is 0 Å². The molecule has 0 spiro atoms.